The average molecular weight is 276 g/mol. The standard InChI is InChI=1S/C17H28N2O/c1-18-17-8-6-4-5-7-14(17)13-19(2)15-9-11-16(20-3)12-10-15/h9-12,14,17-18H,4-8,13H2,1-3H3. The number of nitrogens with zero attached hydrogens (tertiary/aromatic N) is 1. The van der Waals surface area contributed by atoms with E-state index in [1.807, 2.05) is 12.1 Å². The Hall–Kier alpha value is -1.22. The van der Waals surface area contributed by atoms with Gasteiger partial charge >= 0.3 is 0 Å². The first-order chi connectivity index (χ1) is 9.74. The summed E-state index contributed by atoms with van der Waals surface area (Å²) in [4.78, 5) is 2.37. The Kier molecular flexibility index (Phi) is 5.72. The molecule has 0 amide bonds. The SMILES string of the molecule is CNC1CCCCCC1CN(C)c1ccc(OC)cc1. The lowest BCUT2D eigenvalue weighted by molar-refractivity contribution is 0.356. The Bertz CT molecular complexity index is 390. The molecule has 0 spiro atoms. The van der Waals surface area contributed by atoms with Crippen LogP contribution >= 0.6 is 0 Å². The van der Waals surface area contributed by atoms with Gasteiger partial charge in [0.05, 0.1) is 7.11 Å². The summed E-state index contributed by atoms with van der Waals surface area (Å²) in [7, 11) is 6.01. The predicted molar refractivity (Wildman–Crippen MR) is 85.7 cm³/mol. The number of benzene rings is 1. The Balaban J connectivity index is 1.98. The lowest BCUT2D eigenvalue weighted by atomic mass is 9.94. The molecule has 20 heavy (non-hydrogen) atoms. The van der Waals surface area contributed by atoms with Crippen molar-refractivity contribution in [1.29, 1.82) is 0 Å². The predicted octanol–water partition coefficient (Wildman–Crippen LogP) is 3.30. The molecule has 2 atom stereocenters. The first kappa shape index (κ1) is 15.2. The molecule has 0 aromatic heterocycles. The van der Waals surface area contributed by atoms with Crippen molar-refractivity contribution >= 4 is 5.69 Å². The molecule has 0 bridgehead atoms. The number of hydrogen-bond donors (Lipinski definition) is 1. The summed E-state index contributed by atoms with van der Waals surface area (Å²) in [5.74, 6) is 1.67. The maximum absolute atomic E-state index is 5.22. The highest BCUT2D eigenvalue weighted by atomic mass is 16.5. The molecule has 1 aromatic carbocycles. The van der Waals surface area contributed by atoms with Crippen molar-refractivity contribution in [3.05, 3.63) is 24.3 Å². The van der Waals surface area contributed by atoms with Gasteiger partial charge in [0.15, 0.2) is 0 Å². The smallest absolute Gasteiger partial charge is 0.119 e. The van der Waals surface area contributed by atoms with Gasteiger partial charge in [-0.05, 0) is 50.1 Å². The Morgan fingerprint density at radius 1 is 1.15 bits per heavy atom. The van der Waals surface area contributed by atoms with E-state index in [-0.39, 0.29) is 0 Å². The maximum Gasteiger partial charge on any atom is 0.119 e. The Morgan fingerprint density at radius 2 is 1.85 bits per heavy atom. The van der Waals surface area contributed by atoms with Crippen LogP contribution in [0.3, 0.4) is 0 Å². The van der Waals surface area contributed by atoms with Crippen LogP contribution in [0.1, 0.15) is 32.1 Å². The third-order valence-electron chi connectivity index (χ3n) is 4.55. The van der Waals surface area contributed by atoms with Gasteiger partial charge in [-0.25, -0.2) is 0 Å². The second-order valence-electron chi connectivity index (χ2n) is 5.87. The lowest BCUT2D eigenvalue weighted by Gasteiger charge is -2.30. The van der Waals surface area contributed by atoms with E-state index >= 15 is 0 Å². The summed E-state index contributed by atoms with van der Waals surface area (Å²) in [6.07, 6.45) is 6.79. The summed E-state index contributed by atoms with van der Waals surface area (Å²) < 4.78 is 5.22. The minimum atomic E-state index is 0.665. The molecule has 3 nitrogen and oxygen atoms in total. The molecule has 0 radical (unpaired) electrons. The van der Waals surface area contributed by atoms with Crippen molar-refractivity contribution in [2.24, 2.45) is 5.92 Å². The van der Waals surface area contributed by atoms with Gasteiger partial charge in [0.25, 0.3) is 0 Å². The summed E-state index contributed by atoms with van der Waals surface area (Å²) in [6.45, 7) is 1.12. The van der Waals surface area contributed by atoms with Crippen molar-refractivity contribution in [3.8, 4) is 5.75 Å². The fourth-order valence-corrected chi connectivity index (χ4v) is 3.28. The quantitative estimate of drug-likeness (QED) is 0.835. The number of anilines is 1. The van der Waals surface area contributed by atoms with E-state index < -0.39 is 0 Å². The van der Waals surface area contributed by atoms with E-state index in [4.69, 9.17) is 4.74 Å². The van der Waals surface area contributed by atoms with Crippen LogP contribution in [0.2, 0.25) is 0 Å². The molecule has 3 heteroatoms. The first-order valence-electron chi connectivity index (χ1n) is 7.77. The van der Waals surface area contributed by atoms with Crippen LogP contribution in [0.5, 0.6) is 5.75 Å². The molecule has 0 heterocycles. The van der Waals surface area contributed by atoms with Crippen LogP contribution < -0.4 is 15.0 Å². The highest BCUT2D eigenvalue weighted by Crippen LogP contribution is 2.26. The second kappa shape index (κ2) is 7.53. The first-order valence-corrected chi connectivity index (χ1v) is 7.77. The van der Waals surface area contributed by atoms with Crippen LogP contribution in [-0.4, -0.2) is 33.8 Å². The van der Waals surface area contributed by atoms with Crippen molar-refractivity contribution < 1.29 is 4.74 Å². The number of rotatable bonds is 5. The summed E-state index contributed by atoms with van der Waals surface area (Å²) in [5.41, 5.74) is 1.27. The second-order valence-corrected chi connectivity index (χ2v) is 5.87. The number of ether oxygens (including phenoxy) is 1. The normalized spacial score (nSPS) is 23.1. The van der Waals surface area contributed by atoms with E-state index in [0.717, 1.165) is 18.2 Å². The zero-order chi connectivity index (χ0) is 14.4. The molecular formula is C17H28N2O. The molecule has 0 aliphatic heterocycles. The van der Waals surface area contributed by atoms with Crippen LogP contribution in [0.25, 0.3) is 0 Å². The van der Waals surface area contributed by atoms with Gasteiger partial charge in [-0.15, -0.1) is 0 Å². The van der Waals surface area contributed by atoms with E-state index in [9.17, 15) is 0 Å². The van der Waals surface area contributed by atoms with Crippen molar-refractivity contribution in [2.45, 2.75) is 38.1 Å². The number of hydrogen-bond acceptors (Lipinski definition) is 3. The van der Waals surface area contributed by atoms with E-state index in [1.54, 1.807) is 7.11 Å². The number of methoxy groups -OCH3 is 1. The minimum absolute atomic E-state index is 0.665. The summed E-state index contributed by atoms with van der Waals surface area (Å²) in [6, 6.07) is 9.02. The van der Waals surface area contributed by atoms with Crippen molar-refractivity contribution in [2.75, 3.05) is 32.6 Å². The fraction of sp³-hybridized carbons (Fsp3) is 0.647. The monoisotopic (exact) mass is 276 g/mol. The van der Waals surface area contributed by atoms with E-state index in [2.05, 4.69) is 36.4 Å². The number of nitrogens with one attached hydrogen (secondary N) is 1. The van der Waals surface area contributed by atoms with E-state index in [1.165, 1.54) is 37.8 Å². The molecule has 2 unspecified atom stereocenters. The van der Waals surface area contributed by atoms with Crippen molar-refractivity contribution in [1.82, 2.24) is 5.32 Å². The van der Waals surface area contributed by atoms with E-state index in [0.29, 0.717) is 6.04 Å². The molecule has 1 aliphatic carbocycles. The van der Waals surface area contributed by atoms with Gasteiger partial charge in [0, 0.05) is 25.3 Å². The molecular weight excluding hydrogens is 248 g/mol. The zero-order valence-corrected chi connectivity index (χ0v) is 13.1. The van der Waals surface area contributed by atoms with Gasteiger partial charge in [-0.2, -0.15) is 0 Å². The molecule has 1 saturated carbocycles. The molecule has 2 rings (SSSR count). The van der Waals surface area contributed by atoms with Crippen LogP contribution in [0.15, 0.2) is 24.3 Å². The largest absolute Gasteiger partial charge is 0.497 e. The van der Waals surface area contributed by atoms with Crippen LogP contribution in [0, 0.1) is 5.92 Å². The summed E-state index contributed by atoms with van der Waals surface area (Å²) in [5, 5.41) is 3.52. The highest BCUT2D eigenvalue weighted by Gasteiger charge is 2.23. The molecule has 1 aliphatic rings. The van der Waals surface area contributed by atoms with Crippen LogP contribution in [0.4, 0.5) is 5.69 Å². The molecule has 1 aromatic rings. The average Bonchev–Trinajstić information content (AvgIpc) is 2.72. The maximum atomic E-state index is 5.22. The van der Waals surface area contributed by atoms with Gasteiger partial charge < -0.3 is 15.0 Å². The third kappa shape index (κ3) is 3.89. The van der Waals surface area contributed by atoms with Crippen molar-refractivity contribution in [3.63, 3.8) is 0 Å². The zero-order valence-electron chi connectivity index (χ0n) is 13.1. The Labute approximate surface area is 123 Å². The molecule has 1 fully saturated rings. The fourth-order valence-electron chi connectivity index (χ4n) is 3.28. The van der Waals surface area contributed by atoms with Gasteiger partial charge in [0.2, 0.25) is 0 Å². The van der Waals surface area contributed by atoms with Gasteiger partial charge in [0.1, 0.15) is 5.75 Å². The molecule has 1 N–H and O–H groups in total. The molecule has 0 saturated heterocycles. The van der Waals surface area contributed by atoms with Gasteiger partial charge in [-0.3, -0.25) is 0 Å². The third-order valence-corrected chi connectivity index (χ3v) is 4.55. The van der Waals surface area contributed by atoms with Crippen LogP contribution in [-0.2, 0) is 0 Å². The minimum Gasteiger partial charge on any atom is -0.497 e. The topological polar surface area (TPSA) is 24.5 Å². The highest BCUT2D eigenvalue weighted by molar-refractivity contribution is 5.48. The lowest BCUT2D eigenvalue weighted by Crippen LogP contribution is -2.39. The molecule has 112 valence electrons. The Morgan fingerprint density at radius 3 is 2.50 bits per heavy atom. The van der Waals surface area contributed by atoms with Gasteiger partial charge in [-0.1, -0.05) is 19.3 Å². The summed E-state index contributed by atoms with van der Waals surface area (Å²) >= 11 is 0.